The van der Waals surface area contributed by atoms with Gasteiger partial charge in [0, 0.05) is 55.2 Å². The van der Waals surface area contributed by atoms with E-state index in [-0.39, 0.29) is 17.7 Å². The summed E-state index contributed by atoms with van der Waals surface area (Å²) in [5, 5.41) is 4.00. The van der Waals surface area contributed by atoms with E-state index >= 15 is 0 Å². The summed E-state index contributed by atoms with van der Waals surface area (Å²) in [4.78, 5) is 38.8. The Hall–Kier alpha value is -2.77. The van der Waals surface area contributed by atoms with Gasteiger partial charge in [0.05, 0.1) is 0 Å². The number of carbonyl (C=O) groups is 2. The Morgan fingerprint density at radius 1 is 1.19 bits per heavy atom. The number of aryl methyl sites for hydroxylation is 1. The van der Waals surface area contributed by atoms with Crippen molar-refractivity contribution in [2.75, 3.05) is 24.5 Å². The summed E-state index contributed by atoms with van der Waals surface area (Å²) < 4.78 is 5.35. The minimum Gasteiger partial charge on any atom is -0.360 e. The van der Waals surface area contributed by atoms with Gasteiger partial charge in [-0.05, 0) is 38.5 Å². The minimum absolute atomic E-state index is 0.0562. The normalized spacial score (nSPS) is 21.2. The number of rotatable bonds is 5. The SMILES string of the molecule is Cc1nc([C@H]2CCN(C(=O)c3cc(C4CC4)on3)C2)nc2c1CCC(=O)N2CC(C)C. The van der Waals surface area contributed by atoms with Crippen molar-refractivity contribution in [1.82, 2.24) is 20.0 Å². The van der Waals surface area contributed by atoms with Crippen molar-refractivity contribution in [3.8, 4) is 0 Å². The molecule has 0 aromatic carbocycles. The Bertz CT molecular complexity index is 1030. The van der Waals surface area contributed by atoms with E-state index in [0.717, 1.165) is 47.9 Å². The third-order valence-corrected chi connectivity index (χ3v) is 6.47. The topological polar surface area (TPSA) is 92.4 Å². The fourth-order valence-corrected chi connectivity index (χ4v) is 4.61. The summed E-state index contributed by atoms with van der Waals surface area (Å²) in [5.74, 6) is 3.20. The number of fused-ring (bicyclic) bond motifs is 1. The van der Waals surface area contributed by atoms with Crippen LogP contribution in [0, 0.1) is 12.8 Å². The molecule has 2 aromatic rings. The first-order valence-corrected chi connectivity index (χ1v) is 11.3. The quantitative estimate of drug-likeness (QED) is 0.733. The molecule has 2 aromatic heterocycles. The number of aromatic nitrogens is 3. The van der Waals surface area contributed by atoms with Crippen LogP contribution in [0.1, 0.15) is 84.7 Å². The number of nitrogens with zero attached hydrogens (tertiary/aromatic N) is 5. The van der Waals surface area contributed by atoms with E-state index < -0.39 is 0 Å². The van der Waals surface area contributed by atoms with Crippen LogP contribution in [0.15, 0.2) is 10.6 Å². The second-order valence-corrected chi connectivity index (χ2v) is 9.49. The number of likely N-dealkylation sites (tertiary alicyclic amines) is 1. The van der Waals surface area contributed by atoms with Crippen LogP contribution in [-0.4, -0.2) is 51.5 Å². The number of hydrogen-bond acceptors (Lipinski definition) is 6. The lowest BCUT2D eigenvalue weighted by Gasteiger charge is -2.31. The summed E-state index contributed by atoms with van der Waals surface area (Å²) in [6.45, 7) is 8.07. The van der Waals surface area contributed by atoms with Crippen molar-refractivity contribution in [2.45, 2.75) is 64.7 Å². The van der Waals surface area contributed by atoms with E-state index in [9.17, 15) is 9.59 Å². The molecule has 5 rings (SSSR count). The maximum atomic E-state index is 12.9. The average Bonchev–Trinajstić information content (AvgIpc) is 3.26. The molecule has 1 aliphatic carbocycles. The lowest BCUT2D eigenvalue weighted by molar-refractivity contribution is -0.119. The molecule has 0 N–H and O–H groups in total. The molecular weight excluding hydrogens is 394 g/mol. The van der Waals surface area contributed by atoms with E-state index in [0.29, 0.717) is 50.0 Å². The highest BCUT2D eigenvalue weighted by Gasteiger charge is 2.35. The van der Waals surface area contributed by atoms with Crippen LogP contribution < -0.4 is 4.90 Å². The predicted octanol–water partition coefficient (Wildman–Crippen LogP) is 3.22. The largest absolute Gasteiger partial charge is 0.360 e. The molecular formula is C23H29N5O3. The summed E-state index contributed by atoms with van der Waals surface area (Å²) in [6.07, 6.45) is 4.23. The van der Waals surface area contributed by atoms with E-state index in [4.69, 9.17) is 14.5 Å². The average molecular weight is 424 g/mol. The van der Waals surface area contributed by atoms with E-state index in [2.05, 4.69) is 19.0 Å². The van der Waals surface area contributed by atoms with Crippen LogP contribution in [0.4, 0.5) is 5.82 Å². The van der Waals surface area contributed by atoms with Gasteiger partial charge in [-0.3, -0.25) is 14.5 Å². The number of amides is 2. The first-order valence-electron chi connectivity index (χ1n) is 11.3. The van der Waals surface area contributed by atoms with Gasteiger partial charge in [0.25, 0.3) is 5.91 Å². The molecule has 2 aliphatic heterocycles. The number of anilines is 1. The van der Waals surface area contributed by atoms with Gasteiger partial charge in [0.2, 0.25) is 5.91 Å². The molecule has 3 aliphatic rings. The first kappa shape index (κ1) is 20.2. The lowest BCUT2D eigenvalue weighted by atomic mass is 10.0. The Morgan fingerprint density at radius 2 is 2.00 bits per heavy atom. The fraction of sp³-hybridized carbons (Fsp3) is 0.609. The first-order chi connectivity index (χ1) is 14.9. The van der Waals surface area contributed by atoms with Crippen LogP contribution in [-0.2, 0) is 11.2 Å². The van der Waals surface area contributed by atoms with Crippen molar-refractivity contribution in [3.63, 3.8) is 0 Å². The Balaban J connectivity index is 1.36. The number of carbonyl (C=O) groups excluding carboxylic acids is 2. The van der Waals surface area contributed by atoms with Crippen LogP contribution >= 0.6 is 0 Å². The molecule has 164 valence electrons. The van der Waals surface area contributed by atoms with Crippen LogP contribution in [0.5, 0.6) is 0 Å². The van der Waals surface area contributed by atoms with Gasteiger partial charge in [-0.15, -0.1) is 0 Å². The molecule has 2 fully saturated rings. The van der Waals surface area contributed by atoms with Gasteiger partial charge in [0.15, 0.2) is 5.69 Å². The van der Waals surface area contributed by atoms with Gasteiger partial charge < -0.3 is 9.42 Å². The molecule has 8 nitrogen and oxygen atoms in total. The standard InChI is InChI=1S/C23H29N5O3/c1-13(2)11-28-20(29)7-6-17-14(3)24-21(25-22(17)28)16-8-9-27(12-16)23(30)18-10-19(31-26-18)15-4-5-15/h10,13,15-16H,4-9,11-12H2,1-3H3/t16-/m0/s1. The molecule has 31 heavy (non-hydrogen) atoms. The highest BCUT2D eigenvalue weighted by molar-refractivity contribution is 5.95. The maximum Gasteiger partial charge on any atom is 0.276 e. The monoisotopic (exact) mass is 423 g/mol. The zero-order chi connectivity index (χ0) is 21.7. The molecule has 1 atom stereocenters. The van der Waals surface area contributed by atoms with Gasteiger partial charge >= 0.3 is 0 Å². The molecule has 0 radical (unpaired) electrons. The molecule has 1 saturated heterocycles. The Labute approximate surface area is 182 Å². The summed E-state index contributed by atoms with van der Waals surface area (Å²) in [6, 6.07) is 1.79. The van der Waals surface area contributed by atoms with Gasteiger partial charge in [-0.2, -0.15) is 0 Å². The third kappa shape index (κ3) is 3.83. The Morgan fingerprint density at radius 3 is 2.74 bits per heavy atom. The summed E-state index contributed by atoms with van der Waals surface area (Å²) in [7, 11) is 0. The Kier molecular flexibility index (Phi) is 5.02. The van der Waals surface area contributed by atoms with E-state index in [1.807, 2.05) is 16.7 Å². The molecule has 2 amide bonds. The maximum absolute atomic E-state index is 12.9. The highest BCUT2D eigenvalue weighted by atomic mass is 16.5. The van der Waals surface area contributed by atoms with Crippen LogP contribution in [0.3, 0.4) is 0 Å². The van der Waals surface area contributed by atoms with Crippen molar-refractivity contribution in [3.05, 3.63) is 34.6 Å². The molecule has 1 saturated carbocycles. The van der Waals surface area contributed by atoms with Crippen molar-refractivity contribution < 1.29 is 14.1 Å². The summed E-state index contributed by atoms with van der Waals surface area (Å²) in [5.41, 5.74) is 2.40. The van der Waals surface area contributed by atoms with Gasteiger partial charge in [0.1, 0.15) is 17.4 Å². The van der Waals surface area contributed by atoms with Crippen molar-refractivity contribution in [2.24, 2.45) is 5.92 Å². The van der Waals surface area contributed by atoms with Crippen molar-refractivity contribution >= 4 is 17.6 Å². The fourth-order valence-electron chi connectivity index (χ4n) is 4.61. The molecule has 0 bridgehead atoms. The zero-order valence-electron chi connectivity index (χ0n) is 18.4. The summed E-state index contributed by atoms with van der Waals surface area (Å²) >= 11 is 0. The molecule has 4 heterocycles. The lowest BCUT2D eigenvalue weighted by Crippen LogP contribution is -2.39. The van der Waals surface area contributed by atoms with E-state index in [1.165, 1.54) is 0 Å². The minimum atomic E-state index is -0.0931. The second kappa shape index (κ2) is 7.73. The second-order valence-electron chi connectivity index (χ2n) is 9.49. The third-order valence-electron chi connectivity index (χ3n) is 6.47. The van der Waals surface area contributed by atoms with E-state index in [1.54, 1.807) is 6.07 Å². The van der Waals surface area contributed by atoms with Gasteiger partial charge in [-0.1, -0.05) is 19.0 Å². The highest BCUT2D eigenvalue weighted by Crippen LogP contribution is 2.40. The smallest absolute Gasteiger partial charge is 0.276 e. The molecule has 0 spiro atoms. The van der Waals surface area contributed by atoms with Crippen LogP contribution in [0.25, 0.3) is 0 Å². The van der Waals surface area contributed by atoms with Gasteiger partial charge in [-0.25, -0.2) is 9.97 Å². The van der Waals surface area contributed by atoms with Crippen molar-refractivity contribution in [1.29, 1.82) is 0 Å². The number of hydrogen-bond donors (Lipinski definition) is 0. The predicted molar refractivity (Wildman–Crippen MR) is 114 cm³/mol. The zero-order valence-corrected chi connectivity index (χ0v) is 18.4. The van der Waals surface area contributed by atoms with Crippen LogP contribution in [0.2, 0.25) is 0 Å². The molecule has 8 heteroatoms. The molecule has 0 unspecified atom stereocenters.